The average Bonchev–Trinajstić information content (AvgIpc) is 3.50. The smallest absolute Gasteiger partial charge is 0.243 e. The molecule has 0 radical (unpaired) electrons. The maximum absolute atomic E-state index is 13.1. The predicted octanol–water partition coefficient (Wildman–Crippen LogP) is 4.00. The highest BCUT2D eigenvalue weighted by molar-refractivity contribution is 7.89. The van der Waals surface area contributed by atoms with E-state index in [4.69, 9.17) is 8.83 Å². The number of carbonyl (C=O) groups excluding carboxylic acids is 1. The lowest BCUT2D eigenvalue weighted by molar-refractivity contribution is -0.117. The second-order valence-corrected chi connectivity index (χ2v) is 10.2. The number of amides is 1. The van der Waals surface area contributed by atoms with E-state index in [0.717, 1.165) is 36.3 Å². The molecular formula is C24H29N3O5S. The van der Waals surface area contributed by atoms with Crippen LogP contribution in [0.2, 0.25) is 0 Å². The monoisotopic (exact) mass is 471 g/mol. The molecule has 0 atom stereocenters. The lowest BCUT2D eigenvalue weighted by Crippen LogP contribution is -2.35. The van der Waals surface area contributed by atoms with Crippen molar-refractivity contribution in [2.75, 3.05) is 25.0 Å². The molecule has 0 aliphatic carbocycles. The maximum atomic E-state index is 13.1. The van der Waals surface area contributed by atoms with Crippen LogP contribution in [0.5, 0.6) is 0 Å². The number of hydrogen-bond acceptors (Lipinski definition) is 6. The SMILES string of the molecule is Cc1ccc(S(=O)(=O)N2CCCCC2)cc1NC(=O)CN(Cc1ccco1)Cc1ccco1. The van der Waals surface area contributed by atoms with Gasteiger partial charge in [0, 0.05) is 18.8 Å². The number of nitrogens with zero attached hydrogens (tertiary/aromatic N) is 2. The molecule has 2 aromatic heterocycles. The zero-order chi connectivity index (χ0) is 23.3. The van der Waals surface area contributed by atoms with Gasteiger partial charge in [-0.15, -0.1) is 0 Å². The molecule has 3 aromatic rings. The highest BCUT2D eigenvalue weighted by Crippen LogP contribution is 2.25. The first-order chi connectivity index (χ1) is 15.9. The van der Waals surface area contributed by atoms with Gasteiger partial charge in [-0.2, -0.15) is 4.31 Å². The zero-order valence-corrected chi connectivity index (χ0v) is 19.5. The third-order valence-electron chi connectivity index (χ3n) is 5.72. The summed E-state index contributed by atoms with van der Waals surface area (Å²) in [4.78, 5) is 15.0. The third kappa shape index (κ3) is 5.93. The van der Waals surface area contributed by atoms with Gasteiger partial charge in [-0.3, -0.25) is 9.69 Å². The largest absolute Gasteiger partial charge is 0.468 e. The average molecular weight is 472 g/mol. The van der Waals surface area contributed by atoms with Gasteiger partial charge in [-0.25, -0.2) is 8.42 Å². The molecule has 1 aliphatic heterocycles. The Morgan fingerprint density at radius 1 is 1.00 bits per heavy atom. The van der Waals surface area contributed by atoms with Gasteiger partial charge < -0.3 is 14.2 Å². The molecule has 3 heterocycles. The Kier molecular flexibility index (Phi) is 7.32. The summed E-state index contributed by atoms with van der Waals surface area (Å²) in [6.45, 7) is 3.87. The Morgan fingerprint density at radius 3 is 2.21 bits per heavy atom. The van der Waals surface area contributed by atoms with Crippen LogP contribution in [0.25, 0.3) is 0 Å². The van der Waals surface area contributed by atoms with Crippen molar-refractivity contribution in [1.29, 1.82) is 0 Å². The first-order valence-electron chi connectivity index (χ1n) is 11.1. The summed E-state index contributed by atoms with van der Waals surface area (Å²) in [6, 6.07) is 12.2. The Morgan fingerprint density at radius 2 is 1.64 bits per heavy atom. The van der Waals surface area contributed by atoms with Crippen molar-refractivity contribution in [3.05, 3.63) is 72.1 Å². The Balaban J connectivity index is 1.47. The normalized spacial score (nSPS) is 15.1. The van der Waals surface area contributed by atoms with E-state index in [1.165, 1.54) is 4.31 Å². The van der Waals surface area contributed by atoms with Crippen LogP contribution in [0.3, 0.4) is 0 Å². The number of anilines is 1. The lowest BCUT2D eigenvalue weighted by Gasteiger charge is -2.26. The highest BCUT2D eigenvalue weighted by atomic mass is 32.2. The van der Waals surface area contributed by atoms with Gasteiger partial charge in [-0.05, 0) is 61.7 Å². The fourth-order valence-electron chi connectivity index (χ4n) is 3.96. The standard InChI is InChI=1S/C24H29N3O5S/c1-19-9-10-22(33(29,30)27-11-3-2-4-12-27)15-23(19)25-24(28)18-26(16-20-7-5-13-31-20)17-21-8-6-14-32-21/h5-10,13-15H,2-4,11-12,16-18H2,1H3,(H,25,28). The lowest BCUT2D eigenvalue weighted by atomic mass is 10.2. The summed E-state index contributed by atoms with van der Waals surface area (Å²) in [7, 11) is -3.58. The van der Waals surface area contributed by atoms with Crippen molar-refractivity contribution >= 4 is 21.6 Å². The van der Waals surface area contributed by atoms with Gasteiger partial charge in [0.15, 0.2) is 0 Å². The van der Waals surface area contributed by atoms with Gasteiger partial charge in [0.05, 0.1) is 37.1 Å². The number of rotatable bonds is 9. The molecule has 1 N–H and O–H groups in total. The van der Waals surface area contributed by atoms with Crippen LogP contribution in [0.4, 0.5) is 5.69 Å². The van der Waals surface area contributed by atoms with Crippen LogP contribution < -0.4 is 5.32 Å². The summed E-state index contributed by atoms with van der Waals surface area (Å²) in [6.07, 6.45) is 5.98. The van der Waals surface area contributed by atoms with Crippen LogP contribution in [-0.2, 0) is 27.9 Å². The Hall–Kier alpha value is -2.88. The molecule has 1 aliphatic rings. The Bertz CT molecular complexity index is 1110. The van der Waals surface area contributed by atoms with E-state index in [0.29, 0.717) is 31.9 Å². The van der Waals surface area contributed by atoms with Gasteiger partial charge in [-0.1, -0.05) is 12.5 Å². The van der Waals surface area contributed by atoms with E-state index in [2.05, 4.69) is 5.32 Å². The van der Waals surface area contributed by atoms with Crippen LogP contribution in [0.1, 0.15) is 36.3 Å². The molecule has 1 aromatic carbocycles. The molecule has 9 heteroatoms. The van der Waals surface area contributed by atoms with E-state index < -0.39 is 10.0 Å². The molecule has 0 saturated carbocycles. The fourth-order valence-corrected chi connectivity index (χ4v) is 5.50. The number of aryl methyl sites for hydroxylation is 1. The number of carbonyl (C=O) groups is 1. The molecule has 0 spiro atoms. The minimum atomic E-state index is -3.58. The van der Waals surface area contributed by atoms with Crippen molar-refractivity contribution in [2.45, 2.75) is 44.2 Å². The predicted molar refractivity (Wildman–Crippen MR) is 124 cm³/mol. The number of benzene rings is 1. The second-order valence-electron chi connectivity index (χ2n) is 8.29. The van der Waals surface area contributed by atoms with E-state index in [-0.39, 0.29) is 17.3 Å². The number of sulfonamides is 1. The van der Waals surface area contributed by atoms with E-state index >= 15 is 0 Å². The van der Waals surface area contributed by atoms with Crippen molar-refractivity contribution in [2.24, 2.45) is 0 Å². The minimum Gasteiger partial charge on any atom is -0.468 e. The molecular weight excluding hydrogens is 442 g/mol. The molecule has 0 unspecified atom stereocenters. The van der Waals surface area contributed by atoms with Crippen LogP contribution in [0.15, 0.2) is 68.7 Å². The topological polar surface area (TPSA) is 96.0 Å². The van der Waals surface area contributed by atoms with Crippen molar-refractivity contribution in [3.63, 3.8) is 0 Å². The molecule has 1 saturated heterocycles. The minimum absolute atomic E-state index is 0.0872. The Labute approximate surface area is 194 Å². The van der Waals surface area contributed by atoms with Gasteiger partial charge in [0.2, 0.25) is 15.9 Å². The summed E-state index contributed by atoms with van der Waals surface area (Å²) in [5.74, 6) is 1.23. The molecule has 0 bridgehead atoms. The summed E-state index contributed by atoms with van der Waals surface area (Å²) < 4.78 is 38.5. The number of piperidine rings is 1. The van der Waals surface area contributed by atoms with Crippen LogP contribution >= 0.6 is 0 Å². The second kappa shape index (κ2) is 10.4. The van der Waals surface area contributed by atoms with E-state index in [1.807, 2.05) is 24.0 Å². The number of furan rings is 2. The number of nitrogens with one attached hydrogen (secondary N) is 1. The fraction of sp³-hybridized carbons (Fsp3) is 0.375. The third-order valence-corrected chi connectivity index (χ3v) is 7.62. The molecule has 33 heavy (non-hydrogen) atoms. The molecule has 176 valence electrons. The summed E-state index contributed by atoms with van der Waals surface area (Å²) in [5, 5.41) is 2.89. The molecule has 4 rings (SSSR count). The first-order valence-corrected chi connectivity index (χ1v) is 12.5. The summed E-state index contributed by atoms with van der Waals surface area (Å²) >= 11 is 0. The molecule has 8 nitrogen and oxygen atoms in total. The number of hydrogen-bond donors (Lipinski definition) is 1. The maximum Gasteiger partial charge on any atom is 0.243 e. The van der Waals surface area contributed by atoms with E-state index in [9.17, 15) is 13.2 Å². The quantitative estimate of drug-likeness (QED) is 0.507. The van der Waals surface area contributed by atoms with Crippen LogP contribution in [-0.4, -0.2) is 43.2 Å². The van der Waals surface area contributed by atoms with Gasteiger partial charge in [0.1, 0.15) is 11.5 Å². The van der Waals surface area contributed by atoms with E-state index in [1.54, 1.807) is 42.9 Å². The van der Waals surface area contributed by atoms with Crippen molar-refractivity contribution < 1.29 is 22.0 Å². The van der Waals surface area contributed by atoms with Crippen molar-refractivity contribution in [3.8, 4) is 0 Å². The van der Waals surface area contributed by atoms with Gasteiger partial charge >= 0.3 is 0 Å². The van der Waals surface area contributed by atoms with Crippen molar-refractivity contribution in [1.82, 2.24) is 9.21 Å². The summed E-state index contributed by atoms with van der Waals surface area (Å²) in [5.41, 5.74) is 1.29. The molecule has 1 amide bonds. The van der Waals surface area contributed by atoms with Crippen LogP contribution in [0, 0.1) is 6.92 Å². The van der Waals surface area contributed by atoms with Gasteiger partial charge in [0.25, 0.3) is 0 Å². The first kappa shape index (κ1) is 23.3. The highest BCUT2D eigenvalue weighted by Gasteiger charge is 2.26. The zero-order valence-electron chi connectivity index (χ0n) is 18.7. The molecule has 1 fully saturated rings.